The van der Waals surface area contributed by atoms with Crippen molar-refractivity contribution in [2.75, 3.05) is 0 Å². The van der Waals surface area contributed by atoms with Crippen molar-refractivity contribution >= 4 is 22.8 Å². The largest absolute Gasteiger partial charge is 0.482 e. The molecule has 0 unspecified atom stereocenters. The van der Waals surface area contributed by atoms with E-state index in [1.165, 1.54) is 41.2 Å². The summed E-state index contributed by atoms with van der Waals surface area (Å²) in [5.74, 6) is -0.0542. The molecule has 0 spiro atoms. The van der Waals surface area contributed by atoms with Crippen LogP contribution in [0.4, 0.5) is 10.1 Å². The van der Waals surface area contributed by atoms with E-state index in [0.717, 1.165) is 0 Å². The first-order chi connectivity index (χ1) is 18.0. The number of nitro groups is 1. The molecule has 0 saturated heterocycles. The highest BCUT2D eigenvalue weighted by molar-refractivity contribution is 5.83. The van der Waals surface area contributed by atoms with Gasteiger partial charge < -0.3 is 4.74 Å². The molecular formula is C28H19FN4O4. The Labute approximate surface area is 210 Å². The van der Waals surface area contributed by atoms with Gasteiger partial charge in [0.25, 0.3) is 5.56 Å². The van der Waals surface area contributed by atoms with E-state index in [9.17, 15) is 19.3 Å². The van der Waals surface area contributed by atoms with Crippen LogP contribution in [0, 0.1) is 15.9 Å². The van der Waals surface area contributed by atoms with E-state index in [0.29, 0.717) is 33.4 Å². The Hall–Kier alpha value is -5.18. The standard InChI is InChI=1S/C28H19FN4O4/c29-22-10-6-7-20(15-22)18-37-26-14-13-19(16-25(26)33(35)36)17-30-32-27(21-8-2-1-3-9-21)31-24-12-5-4-11-23(24)28(32)34/h1-17H,18H2. The molecule has 0 aliphatic heterocycles. The third-order valence-electron chi connectivity index (χ3n) is 5.57. The van der Waals surface area contributed by atoms with Gasteiger partial charge in [-0.1, -0.05) is 54.6 Å². The quantitative estimate of drug-likeness (QED) is 0.167. The Morgan fingerprint density at radius 2 is 1.76 bits per heavy atom. The van der Waals surface area contributed by atoms with Gasteiger partial charge in [0.05, 0.1) is 22.0 Å². The minimum Gasteiger partial charge on any atom is -0.482 e. The lowest BCUT2D eigenvalue weighted by Crippen LogP contribution is -2.20. The van der Waals surface area contributed by atoms with Gasteiger partial charge in [-0.3, -0.25) is 14.9 Å². The van der Waals surface area contributed by atoms with Crippen molar-refractivity contribution in [3.8, 4) is 17.1 Å². The second-order valence-electron chi connectivity index (χ2n) is 8.08. The van der Waals surface area contributed by atoms with Gasteiger partial charge in [0.15, 0.2) is 11.6 Å². The van der Waals surface area contributed by atoms with Crippen LogP contribution in [0.3, 0.4) is 0 Å². The van der Waals surface area contributed by atoms with Crippen molar-refractivity contribution in [3.05, 3.63) is 134 Å². The Morgan fingerprint density at radius 1 is 0.973 bits per heavy atom. The van der Waals surface area contributed by atoms with Crippen LogP contribution in [0.1, 0.15) is 11.1 Å². The average Bonchev–Trinajstić information content (AvgIpc) is 2.92. The van der Waals surface area contributed by atoms with Crippen LogP contribution in [0.5, 0.6) is 5.75 Å². The monoisotopic (exact) mass is 494 g/mol. The van der Waals surface area contributed by atoms with E-state index < -0.39 is 10.7 Å². The van der Waals surface area contributed by atoms with Crippen molar-refractivity contribution in [1.82, 2.24) is 9.66 Å². The van der Waals surface area contributed by atoms with E-state index in [1.54, 1.807) is 36.4 Å². The van der Waals surface area contributed by atoms with E-state index in [2.05, 4.69) is 10.1 Å². The molecule has 0 amide bonds. The first-order valence-corrected chi connectivity index (χ1v) is 11.3. The first kappa shape index (κ1) is 23.6. The van der Waals surface area contributed by atoms with E-state index in [1.807, 2.05) is 30.3 Å². The van der Waals surface area contributed by atoms with Gasteiger partial charge in [-0.05, 0) is 42.0 Å². The zero-order chi connectivity index (χ0) is 25.8. The summed E-state index contributed by atoms with van der Waals surface area (Å²) in [4.78, 5) is 29.0. The summed E-state index contributed by atoms with van der Waals surface area (Å²) < 4.78 is 20.2. The molecule has 37 heavy (non-hydrogen) atoms. The molecule has 1 heterocycles. The Morgan fingerprint density at radius 3 is 2.54 bits per heavy atom. The maximum atomic E-state index is 13.4. The minimum atomic E-state index is -0.572. The van der Waals surface area contributed by atoms with Crippen molar-refractivity contribution < 1.29 is 14.1 Å². The van der Waals surface area contributed by atoms with Crippen LogP contribution in [0.25, 0.3) is 22.3 Å². The Bertz CT molecular complexity index is 1700. The normalized spacial score (nSPS) is 11.2. The van der Waals surface area contributed by atoms with Crippen molar-refractivity contribution in [2.24, 2.45) is 5.10 Å². The molecule has 0 atom stereocenters. The Kier molecular flexibility index (Phi) is 6.50. The summed E-state index contributed by atoms with van der Waals surface area (Å²) in [7, 11) is 0. The number of nitrogens with zero attached hydrogens (tertiary/aromatic N) is 4. The van der Waals surface area contributed by atoms with Gasteiger partial charge >= 0.3 is 5.69 Å². The fraction of sp³-hybridized carbons (Fsp3) is 0.0357. The maximum absolute atomic E-state index is 13.4. The van der Waals surface area contributed by atoms with Gasteiger partial charge in [0, 0.05) is 17.2 Å². The molecular weight excluding hydrogens is 475 g/mol. The lowest BCUT2D eigenvalue weighted by molar-refractivity contribution is -0.385. The number of ether oxygens (including phenoxy) is 1. The topological polar surface area (TPSA) is 99.6 Å². The summed E-state index contributed by atoms with van der Waals surface area (Å²) >= 11 is 0. The van der Waals surface area contributed by atoms with Crippen LogP contribution in [-0.4, -0.2) is 20.8 Å². The number of hydrogen-bond acceptors (Lipinski definition) is 6. The molecule has 0 bridgehead atoms. The molecule has 4 aromatic carbocycles. The summed E-state index contributed by atoms with van der Waals surface area (Å²) in [5, 5.41) is 16.5. The second kappa shape index (κ2) is 10.2. The SMILES string of the molecule is O=c1c2ccccc2nc(-c2ccccc2)n1N=Cc1ccc(OCc2cccc(F)c2)c([N+](=O)[O-])c1. The number of para-hydroxylation sites is 1. The fourth-order valence-electron chi connectivity index (χ4n) is 3.80. The highest BCUT2D eigenvalue weighted by Crippen LogP contribution is 2.28. The van der Waals surface area contributed by atoms with Crippen LogP contribution >= 0.6 is 0 Å². The van der Waals surface area contributed by atoms with Gasteiger partial charge in [0.2, 0.25) is 0 Å². The predicted octanol–water partition coefficient (Wildman–Crippen LogP) is 5.57. The van der Waals surface area contributed by atoms with E-state index >= 15 is 0 Å². The molecule has 0 fully saturated rings. The summed E-state index contributed by atoms with van der Waals surface area (Å²) in [6, 6.07) is 26.2. The third kappa shape index (κ3) is 5.10. The van der Waals surface area contributed by atoms with Gasteiger partial charge in [0.1, 0.15) is 12.4 Å². The predicted molar refractivity (Wildman–Crippen MR) is 138 cm³/mol. The van der Waals surface area contributed by atoms with Crippen molar-refractivity contribution in [2.45, 2.75) is 6.61 Å². The molecule has 5 aromatic rings. The fourth-order valence-corrected chi connectivity index (χ4v) is 3.80. The molecule has 5 rings (SSSR count). The van der Waals surface area contributed by atoms with Crippen LogP contribution < -0.4 is 10.3 Å². The van der Waals surface area contributed by atoms with Gasteiger partial charge in [-0.25, -0.2) is 9.37 Å². The van der Waals surface area contributed by atoms with E-state index in [-0.39, 0.29) is 23.6 Å². The molecule has 0 saturated carbocycles. The zero-order valence-corrected chi connectivity index (χ0v) is 19.3. The first-order valence-electron chi connectivity index (χ1n) is 11.3. The summed E-state index contributed by atoms with van der Waals surface area (Å²) in [6.07, 6.45) is 1.35. The number of hydrogen-bond donors (Lipinski definition) is 0. The van der Waals surface area contributed by atoms with Gasteiger partial charge in [-0.2, -0.15) is 9.78 Å². The maximum Gasteiger partial charge on any atom is 0.311 e. The number of halogens is 1. The molecule has 0 radical (unpaired) electrons. The van der Waals surface area contributed by atoms with Crippen LogP contribution in [0.2, 0.25) is 0 Å². The molecule has 182 valence electrons. The highest BCUT2D eigenvalue weighted by Gasteiger charge is 2.17. The zero-order valence-electron chi connectivity index (χ0n) is 19.3. The number of fused-ring (bicyclic) bond motifs is 1. The second-order valence-corrected chi connectivity index (χ2v) is 8.08. The third-order valence-corrected chi connectivity index (χ3v) is 5.57. The summed E-state index contributed by atoms with van der Waals surface area (Å²) in [5.41, 5.74) is 1.49. The molecule has 0 N–H and O–H groups in total. The molecule has 0 aliphatic carbocycles. The smallest absolute Gasteiger partial charge is 0.311 e. The van der Waals surface area contributed by atoms with Crippen LogP contribution in [0.15, 0.2) is 107 Å². The summed E-state index contributed by atoms with van der Waals surface area (Å²) in [6.45, 7) is -0.0371. The Balaban J connectivity index is 1.51. The van der Waals surface area contributed by atoms with Crippen molar-refractivity contribution in [3.63, 3.8) is 0 Å². The average molecular weight is 494 g/mol. The number of aromatic nitrogens is 2. The van der Waals surface area contributed by atoms with Crippen LogP contribution in [-0.2, 0) is 6.61 Å². The van der Waals surface area contributed by atoms with Gasteiger partial charge in [-0.15, -0.1) is 0 Å². The molecule has 1 aromatic heterocycles. The number of nitro benzene ring substituents is 1. The lowest BCUT2D eigenvalue weighted by atomic mass is 10.2. The highest BCUT2D eigenvalue weighted by atomic mass is 19.1. The van der Waals surface area contributed by atoms with Crippen molar-refractivity contribution in [1.29, 1.82) is 0 Å². The minimum absolute atomic E-state index is 0.0286. The molecule has 8 nitrogen and oxygen atoms in total. The van der Waals surface area contributed by atoms with E-state index in [4.69, 9.17) is 4.74 Å². The molecule has 9 heteroatoms. The number of rotatable bonds is 7. The number of benzene rings is 4. The molecule has 0 aliphatic rings. The lowest BCUT2D eigenvalue weighted by Gasteiger charge is -2.10.